The zero-order valence-corrected chi connectivity index (χ0v) is 13.8. The lowest BCUT2D eigenvalue weighted by atomic mass is 10.2. The molecule has 0 spiro atoms. The number of hydrogen-bond acceptors (Lipinski definition) is 6. The van der Waals surface area contributed by atoms with Crippen LogP contribution < -0.4 is 4.90 Å². The molecular weight excluding hydrogens is 278 g/mol. The summed E-state index contributed by atoms with van der Waals surface area (Å²) in [5.41, 5.74) is 3.20. The molecule has 6 nitrogen and oxygen atoms in total. The van der Waals surface area contributed by atoms with E-state index in [9.17, 15) is 0 Å². The minimum atomic E-state index is 0.829. The molecule has 1 saturated heterocycles. The van der Waals surface area contributed by atoms with Gasteiger partial charge in [0.05, 0.1) is 12.2 Å². The number of hydrogen-bond donors (Lipinski definition) is 0. The summed E-state index contributed by atoms with van der Waals surface area (Å²) in [4.78, 5) is 13.8. The molecule has 0 N–H and O–H groups in total. The van der Waals surface area contributed by atoms with E-state index < -0.39 is 0 Å². The molecule has 0 saturated carbocycles. The molecule has 1 fully saturated rings. The maximum Gasteiger partial charge on any atom is 0.150 e. The fourth-order valence-electron chi connectivity index (χ4n) is 2.89. The summed E-state index contributed by atoms with van der Waals surface area (Å²) in [6.45, 7) is 12.8. The third-order valence-corrected chi connectivity index (χ3v) is 4.20. The van der Waals surface area contributed by atoms with Crippen molar-refractivity contribution in [1.29, 1.82) is 0 Å². The maximum atomic E-state index is 5.30. The molecule has 3 rings (SSSR count). The molecule has 2 aromatic rings. The highest BCUT2D eigenvalue weighted by atomic mass is 16.5. The molecule has 2 aromatic heterocycles. The normalized spacial score (nSPS) is 16.3. The van der Waals surface area contributed by atoms with Gasteiger partial charge in [-0.25, -0.2) is 9.97 Å². The highest BCUT2D eigenvalue weighted by Gasteiger charge is 2.21. The molecule has 0 amide bonds. The Morgan fingerprint density at radius 2 is 1.77 bits per heavy atom. The summed E-state index contributed by atoms with van der Waals surface area (Å²) in [6, 6.07) is 2.01. The average molecular weight is 301 g/mol. The highest BCUT2D eigenvalue weighted by molar-refractivity contribution is 5.48. The molecule has 22 heavy (non-hydrogen) atoms. The Hall–Kier alpha value is -1.95. The summed E-state index contributed by atoms with van der Waals surface area (Å²) in [5.74, 6) is 2.87. The molecular formula is C16H23N5O. The molecule has 0 atom stereocenters. The summed E-state index contributed by atoms with van der Waals surface area (Å²) >= 11 is 0. The van der Waals surface area contributed by atoms with Gasteiger partial charge >= 0.3 is 0 Å². The highest BCUT2D eigenvalue weighted by Crippen LogP contribution is 2.21. The van der Waals surface area contributed by atoms with E-state index in [1.807, 2.05) is 19.9 Å². The molecule has 0 radical (unpaired) electrons. The molecule has 0 bridgehead atoms. The van der Waals surface area contributed by atoms with Crippen LogP contribution >= 0.6 is 0 Å². The molecule has 0 aromatic carbocycles. The van der Waals surface area contributed by atoms with E-state index in [-0.39, 0.29) is 0 Å². The topological polar surface area (TPSA) is 58.3 Å². The van der Waals surface area contributed by atoms with Crippen LogP contribution in [-0.4, -0.2) is 46.2 Å². The van der Waals surface area contributed by atoms with E-state index >= 15 is 0 Å². The van der Waals surface area contributed by atoms with E-state index in [1.54, 1.807) is 0 Å². The number of nitrogens with zero attached hydrogens (tertiary/aromatic N) is 5. The van der Waals surface area contributed by atoms with Crippen LogP contribution in [0, 0.1) is 27.7 Å². The maximum absolute atomic E-state index is 5.30. The fraction of sp³-hybridized carbons (Fsp3) is 0.562. The van der Waals surface area contributed by atoms with Gasteiger partial charge in [-0.3, -0.25) is 4.90 Å². The minimum absolute atomic E-state index is 0.829. The second-order valence-corrected chi connectivity index (χ2v) is 6.00. The van der Waals surface area contributed by atoms with Gasteiger partial charge in [-0.2, -0.15) is 0 Å². The summed E-state index contributed by atoms with van der Waals surface area (Å²) < 4.78 is 5.30. The van der Waals surface area contributed by atoms with E-state index in [2.05, 4.69) is 38.8 Å². The van der Waals surface area contributed by atoms with Crippen LogP contribution in [0.4, 0.5) is 5.82 Å². The van der Waals surface area contributed by atoms with Gasteiger partial charge in [-0.1, -0.05) is 5.16 Å². The third kappa shape index (κ3) is 3.11. The number of aryl methyl sites for hydroxylation is 3. The van der Waals surface area contributed by atoms with Gasteiger partial charge in [-0.15, -0.1) is 0 Å². The minimum Gasteiger partial charge on any atom is -0.360 e. The van der Waals surface area contributed by atoms with Crippen LogP contribution in [0.3, 0.4) is 0 Å². The van der Waals surface area contributed by atoms with Crippen molar-refractivity contribution >= 4 is 5.82 Å². The van der Waals surface area contributed by atoms with Crippen molar-refractivity contribution in [1.82, 2.24) is 20.0 Å². The molecule has 0 aliphatic carbocycles. The van der Waals surface area contributed by atoms with Crippen LogP contribution in [0.25, 0.3) is 0 Å². The standard InChI is InChI=1S/C16H23N5O/c1-11-9-15(22-19-11)10-20-5-7-21(8-6-20)16-12(2)13(3)17-14(4)18-16/h9H,5-8,10H2,1-4H3. The lowest BCUT2D eigenvalue weighted by Gasteiger charge is -2.35. The van der Waals surface area contributed by atoms with Crippen molar-refractivity contribution in [3.63, 3.8) is 0 Å². The first kappa shape index (κ1) is 15.0. The molecule has 6 heteroatoms. The summed E-state index contributed by atoms with van der Waals surface area (Å²) in [7, 11) is 0. The van der Waals surface area contributed by atoms with Crippen molar-refractivity contribution in [2.24, 2.45) is 0 Å². The van der Waals surface area contributed by atoms with Gasteiger partial charge in [-0.05, 0) is 27.7 Å². The van der Waals surface area contributed by atoms with Gasteiger partial charge in [0.25, 0.3) is 0 Å². The van der Waals surface area contributed by atoms with Gasteiger partial charge in [0.15, 0.2) is 5.76 Å². The van der Waals surface area contributed by atoms with Gasteiger partial charge < -0.3 is 9.42 Å². The SMILES string of the molecule is Cc1cc(CN2CCN(c3nc(C)nc(C)c3C)CC2)on1. The predicted molar refractivity (Wildman–Crippen MR) is 85.0 cm³/mol. The third-order valence-electron chi connectivity index (χ3n) is 4.20. The molecule has 118 valence electrons. The van der Waals surface area contributed by atoms with Crippen LogP contribution in [0.1, 0.15) is 28.5 Å². The predicted octanol–water partition coefficient (Wildman–Crippen LogP) is 2.02. The van der Waals surface area contributed by atoms with Gasteiger partial charge in [0.1, 0.15) is 11.6 Å². The lowest BCUT2D eigenvalue weighted by molar-refractivity contribution is 0.219. The lowest BCUT2D eigenvalue weighted by Crippen LogP contribution is -2.46. The van der Waals surface area contributed by atoms with Crippen LogP contribution in [0.15, 0.2) is 10.6 Å². The number of anilines is 1. The first-order valence-corrected chi connectivity index (χ1v) is 7.74. The molecule has 1 aliphatic heterocycles. The number of piperazine rings is 1. The summed E-state index contributed by atoms with van der Waals surface area (Å²) in [6.07, 6.45) is 0. The Balaban J connectivity index is 1.64. The van der Waals surface area contributed by atoms with Crippen LogP contribution in [0.2, 0.25) is 0 Å². The first-order valence-electron chi connectivity index (χ1n) is 7.74. The quantitative estimate of drug-likeness (QED) is 0.864. The van der Waals surface area contributed by atoms with Gasteiger partial charge in [0, 0.05) is 43.5 Å². The average Bonchev–Trinajstić information content (AvgIpc) is 2.89. The van der Waals surface area contributed by atoms with E-state index in [4.69, 9.17) is 4.52 Å². The smallest absolute Gasteiger partial charge is 0.150 e. The Labute approximate surface area is 131 Å². The van der Waals surface area contributed by atoms with Crippen molar-refractivity contribution < 1.29 is 4.52 Å². The molecule has 1 aliphatic rings. The number of rotatable bonds is 3. The van der Waals surface area contributed by atoms with E-state index in [0.29, 0.717) is 0 Å². The Bertz CT molecular complexity index is 659. The van der Waals surface area contributed by atoms with Crippen molar-refractivity contribution in [3.8, 4) is 0 Å². The van der Waals surface area contributed by atoms with Crippen molar-refractivity contribution in [2.75, 3.05) is 31.1 Å². The van der Waals surface area contributed by atoms with E-state index in [1.165, 1.54) is 5.56 Å². The zero-order valence-electron chi connectivity index (χ0n) is 13.8. The van der Waals surface area contributed by atoms with Crippen LogP contribution in [0.5, 0.6) is 0 Å². The van der Waals surface area contributed by atoms with E-state index in [0.717, 1.165) is 61.5 Å². The van der Waals surface area contributed by atoms with Crippen LogP contribution in [-0.2, 0) is 6.54 Å². The second-order valence-electron chi connectivity index (χ2n) is 6.00. The van der Waals surface area contributed by atoms with Crippen molar-refractivity contribution in [2.45, 2.75) is 34.2 Å². The fourth-order valence-corrected chi connectivity index (χ4v) is 2.89. The zero-order chi connectivity index (χ0) is 15.7. The summed E-state index contributed by atoms with van der Waals surface area (Å²) in [5, 5.41) is 3.95. The monoisotopic (exact) mass is 301 g/mol. The molecule has 3 heterocycles. The number of aromatic nitrogens is 3. The Kier molecular flexibility index (Phi) is 4.11. The first-order chi connectivity index (χ1) is 10.5. The molecule has 0 unspecified atom stereocenters. The Morgan fingerprint density at radius 1 is 1.05 bits per heavy atom. The Morgan fingerprint density at radius 3 is 2.41 bits per heavy atom. The van der Waals surface area contributed by atoms with Crippen molar-refractivity contribution in [3.05, 3.63) is 34.6 Å². The van der Waals surface area contributed by atoms with Gasteiger partial charge in [0.2, 0.25) is 0 Å². The second kappa shape index (κ2) is 6.04. The largest absolute Gasteiger partial charge is 0.360 e.